The summed E-state index contributed by atoms with van der Waals surface area (Å²) in [7, 11) is 2.15. The maximum Gasteiger partial charge on any atom is 0.213 e. The molecule has 4 nitrogen and oxygen atoms in total. The lowest BCUT2D eigenvalue weighted by Gasteiger charge is -2.29. The summed E-state index contributed by atoms with van der Waals surface area (Å²) >= 11 is 6.17. The number of likely N-dealkylation sites (tertiary alicyclic amines) is 1. The first-order valence-corrected chi connectivity index (χ1v) is 7.78. The summed E-state index contributed by atoms with van der Waals surface area (Å²) in [6.45, 7) is 5.98. The maximum absolute atomic E-state index is 6.17. The van der Waals surface area contributed by atoms with Gasteiger partial charge in [-0.15, -0.1) is 0 Å². The third-order valence-corrected chi connectivity index (χ3v) is 3.91. The number of hydrogen-bond donors (Lipinski definition) is 1. The van der Waals surface area contributed by atoms with Crippen LogP contribution in [-0.2, 0) is 6.54 Å². The number of aromatic nitrogens is 1. The number of halogens is 1. The molecule has 1 aliphatic heterocycles. The van der Waals surface area contributed by atoms with E-state index < -0.39 is 0 Å². The largest absolute Gasteiger partial charge is 0.474 e. The van der Waals surface area contributed by atoms with Crippen LogP contribution < -0.4 is 10.1 Å². The van der Waals surface area contributed by atoms with Crippen molar-refractivity contribution in [2.24, 2.45) is 0 Å². The van der Waals surface area contributed by atoms with Gasteiger partial charge in [-0.3, -0.25) is 0 Å². The second-order valence-corrected chi connectivity index (χ2v) is 5.78. The quantitative estimate of drug-likeness (QED) is 0.819. The van der Waals surface area contributed by atoms with Crippen LogP contribution in [-0.4, -0.2) is 42.7 Å². The van der Waals surface area contributed by atoms with Gasteiger partial charge in [0.2, 0.25) is 5.88 Å². The van der Waals surface area contributed by atoms with Crippen molar-refractivity contribution in [3.8, 4) is 5.88 Å². The van der Waals surface area contributed by atoms with Crippen LogP contribution in [0.5, 0.6) is 5.88 Å². The molecule has 1 N–H and O–H groups in total. The van der Waals surface area contributed by atoms with Gasteiger partial charge < -0.3 is 15.0 Å². The number of rotatable bonds is 6. The molecule has 0 bridgehead atoms. The third kappa shape index (κ3) is 4.62. The Kier molecular flexibility index (Phi) is 6.07. The average molecular weight is 298 g/mol. The Labute approximate surface area is 126 Å². The monoisotopic (exact) mass is 297 g/mol. The zero-order valence-corrected chi connectivity index (χ0v) is 13.1. The Morgan fingerprint density at radius 2 is 2.15 bits per heavy atom. The Morgan fingerprint density at radius 3 is 2.85 bits per heavy atom. The van der Waals surface area contributed by atoms with Gasteiger partial charge in [-0.1, -0.05) is 18.5 Å². The zero-order chi connectivity index (χ0) is 14.4. The van der Waals surface area contributed by atoms with Gasteiger partial charge in [0.05, 0.1) is 10.7 Å². The topological polar surface area (TPSA) is 37.4 Å². The molecule has 0 radical (unpaired) electrons. The van der Waals surface area contributed by atoms with Gasteiger partial charge in [0.25, 0.3) is 0 Å². The van der Waals surface area contributed by atoms with Crippen molar-refractivity contribution in [1.82, 2.24) is 15.2 Å². The van der Waals surface area contributed by atoms with Crippen molar-refractivity contribution in [3.05, 3.63) is 22.8 Å². The Balaban J connectivity index is 1.92. The highest BCUT2D eigenvalue weighted by atomic mass is 35.5. The summed E-state index contributed by atoms with van der Waals surface area (Å²) in [5.41, 5.74) is 0.866. The summed E-state index contributed by atoms with van der Waals surface area (Å²) in [4.78, 5) is 6.86. The van der Waals surface area contributed by atoms with Crippen molar-refractivity contribution in [1.29, 1.82) is 0 Å². The van der Waals surface area contributed by atoms with Gasteiger partial charge in [-0.2, -0.15) is 0 Å². The van der Waals surface area contributed by atoms with Gasteiger partial charge in [0.15, 0.2) is 0 Å². The molecule has 2 rings (SSSR count). The fourth-order valence-electron chi connectivity index (χ4n) is 2.31. The molecule has 0 unspecified atom stereocenters. The summed E-state index contributed by atoms with van der Waals surface area (Å²) < 4.78 is 5.98. The van der Waals surface area contributed by atoms with E-state index >= 15 is 0 Å². The van der Waals surface area contributed by atoms with E-state index in [2.05, 4.69) is 29.2 Å². The molecular formula is C15H24ClN3O. The Bertz CT molecular complexity index is 420. The summed E-state index contributed by atoms with van der Waals surface area (Å²) in [5, 5.41) is 4.02. The molecule has 1 saturated heterocycles. The molecule has 0 amide bonds. The normalized spacial score (nSPS) is 17.4. The van der Waals surface area contributed by atoms with Gasteiger partial charge in [-0.05, 0) is 38.9 Å². The standard InChI is InChI=1S/C15H24ClN3O/c1-3-8-17-11-14-13(16)4-5-15(18-14)20-12-6-9-19(2)10-7-12/h4-5,12,17H,3,6-11H2,1-2H3. The predicted molar refractivity (Wildman–Crippen MR) is 82.4 cm³/mol. The molecule has 0 atom stereocenters. The van der Waals surface area contributed by atoms with E-state index in [1.807, 2.05) is 12.1 Å². The van der Waals surface area contributed by atoms with Crippen molar-refractivity contribution in [2.75, 3.05) is 26.7 Å². The molecule has 112 valence electrons. The highest BCUT2D eigenvalue weighted by Gasteiger charge is 2.18. The van der Waals surface area contributed by atoms with Gasteiger partial charge in [0, 0.05) is 25.7 Å². The van der Waals surface area contributed by atoms with E-state index in [1.165, 1.54) is 0 Å². The summed E-state index contributed by atoms with van der Waals surface area (Å²) in [5.74, 6) is 0.692. The second-order valence-electron chi connectivity index (χ2n) is 5.38. The first-order valence-electron chi connectivity index (χ1n) is 7.40. The highest BCUT2D eigenvalue weighted by Crippen LogP contribution is 2.21. The lowest BCUT2D eigenvalue weighted by Crippen LogP contribution is -2.35. The van der Waals surface area contributed by atoms with Gasteiger partial charge >= 0.3 is 0 Å². The number of nitrogens with zero attached hydrogens (tertiary/aromatic N) is 2. The summed E-state index contributed by atoms with van der Waals surface area (Å²) in [6.07, 6.45) is 3.49. The molecule has 5 heteroatoms. The fourth-order valence-corrected chi connectivity index (χ4v) is 2.48. The number of pyridine rings is 1. The molecule has 1 aromatic rings. The second kappa shape index (κ2) is 7.81. The first-order chi connectivity index (χ1) is 9.69. The van der Waals surface area contributed by atoms with Crippen LogP contribution in [0, 0.1) is 0 Å². The number of hydrogen-bond acceptors (Lipinski definition) is 4. The minimum Gasteiger partial charge on any atom is -0.474 e. The van der Waals surface area contributed by atoms with Gasteiger partial charge in [0.1, 0.15) is 6.10 Å². The lowest BCUT2D eigenvalue weighted by atomic mass is 10.1. The zero-order valence-electron chi connectivity index (χ0n) is 12.4. The van der Waals surface area contributed by atoms with E-state index in [0.717, 1.165) is 44.6 Å². The van der Waals surface area contributed by atoms with Crippen molar-refractivity contribution >= 4 is 11.6 Å². The Morgan fingerprint density at radius 1 is 1.40 bits per heavy atom. The highest BCUT2D eigenvalue weighted by molar-refractivity contribution is 6.31. The minimum atomic E-state index is 0.274. The molecule has 20 heavy (non-hydrogen) atoms. The lowest BCUT2D eigenvalue weighted by molar-refractivity contribution is 0.110. The molecule has 0 saturated carbocycles. The molecular weight excluding hydrogens is 274 g/mol. The molecule has 2 heterocycles. The van der Waals surface area contributed by atoms with E-state index in [0.29, 0.717) is 17.4 Å². The number of ether oxygens (including phenoxy) is 1. The summed E-state index contributed by atoms with van der Waals surface area (Å²) in [6, 6.07) is 3.74. The Hall–Kier alpha value is -0.840. The molecule has 1 fully saturated rings. The van der Waals surface area contributed by atoms with Crippen LogP contribution in [0.3, 0.4) is 0 Å². The third-order valence-electron chi connectivity index (χ3n) is 3.57. The SMILES string of the molecule is CCCNCc1nc(OC2CCN(C)CC2)ccc1Cl. The van der Waals surface area contributed by atoms with Crippen molar-refractivity contribution in [2.45, 2.75) is 38.8 Å². The van der Waals surface area contributed by atoms with Crippen LogP contribution in [0.25, 0.3) is 0 Å². The first kappa shape index (κ1) is 15.5. The van der Waals surface area contributed by atoms with Crippen LogP contribution in [0.15, 0.2) is 12.1 Å². The smallest absolute Gasteiger partial charge is 0.213 e. The molecule has 1 aliphatic rings. The molecule has 0 spiro atoms. The van der Waals surface area contributed by atoms with E-state index in [1.54, 1.807) is 0 Å². The predicted octanol–water partition coefficient (Wildman–Crippen LogP) is 2.71. The van der Waals surface area contributed by atoms with Crippen LogP contribution >= 0.6 is 11.6 Å². The fraction of sp³-hybridized carbons (Fsp3) is 0.667. The van der Waals surface area contributed by atoms with E-state index in [4.69, 9.17) is 16.3 Å². The van der Waals surface area contributed by atoms with Crippen molar-refractivity contribution < 1.29 is 4.74 Å². The van der Waals surface area contributed by atoms with Gasteiger partial charge in [-0.25, -0.2) is 4.98 Å². The van der Waals surface area contributed by atoms with E-state index in [9.17, 15) is 0 Å². The maximum atomic E-state index is 6.17. The van der Waals surface area contributed by atoms with Crippen LogP contribution in [0.2, 0.25) is 5.02 Å². The average Bonchev–Trinajstić information content (AvgIpc) is 2.45. The molecule has 0 aromatic carbocycles. The molecule has 0 aliphatic carbocycles. The number of nitrogens with one attached hydrogen (secondary N) is 1. The molecule has 1 aromatic heterocycles. The van der Waals surface area contributed by atoms with Crippen LogP contribution in [0.4, 0.5) is 0 Å². The number of piperidine rings is 1. The minimum absolute atomic E-state index is 0.274. The van der Waals surface area contributed by atoms with Crippen LogP contribution in [0.1, 0.15) is 31.9 Å². The van der Waals surface area contributed by atoms with Crippen molar-refractivity contribution in [3.63, 3.8) is 0 Å². The van der Waals surface area contributed by atoms with E-state index in [-0.39, 0.29) is 6.10 Å².